The van der Waals surface area contributed by atoms with E-state index in [1.54, 1.807) is 30.3 Å². The molecule has 0 saturated carbocycles. The van der Waals surface area contributed by atoms with Gasteiger partial charge in [0.15, 0.2) is 11.4 Å². The van der Waals surface area contributed by atoms with Gasteiger partial charge < -0.3 is 19.3 Å². The molecule has 0 unspecified atom stereocenters. The number of carbonyl (C=O) groups excluding carboxylic acids is 1. The van der Waals surface area contributed by atoms with Gasteiger partial charge in [0.25, 0.3) is 5.91 Å². The van der Waals surface area contributed by atoms with Gasteiger partial charge in [0.2, 0.25) is 15.9 Å². The Morgan fingerprint density at radius 3 is 2.34 bits per heavy atom. The molecule has 12 heteroatoms. The van der Waals surface area contributed by atoms with E-state index in [1.165, 1.54) is 56.6 Å². The standard InChI is InChI=1S/C32H25F2N3O6S/c1-35-31(39)28-23-14-21(18-7-8-19(16-38)22(13-18)32-36-29-24(34)5-4-6-26(29)43-32)25(37(2)44(3,40)41)15-27(23)42-30(28)17-9-11-20(33)12-10-17/h4-15,38H,16H2,1-3H3,(H,35,39). The van der Waals surface area contributed by atoms with Gasteiger partial charge in [-0.05, 0) is 59.7 Å². The molecule has 0 radical (unpaired) electrons. The molecule has 0 spiro atoms. The molecule has 0 saturated heterocycles. The number of aromatic nitrogens is 1. The average molecular weight is 618 g/mol. The number of oxazole rings is 1. The molecule has 4 aromatic carbocycles. The Morgan fingerprint density at radius 2 is 1.68 bits per heavy atom. The van der Waals surface area contributed by atoms with Crippen molar-refractivity contribution in [2.45, 2.75) is 6.61 Å². The van der Waals surface area contributed by atoms with Crippen LogP contribution in [0.1, 0.15) is 15.9 Å². The highest BCUT2D eigenvalue weighted by Gasteiger charge is 2.26. The Bertz CT molecular complexity index is 2190. The van der Waals surface area contributed by atoms with Gasteiger partial charge >= 0.3 is 0 Å². The first-order valence-corrected chi connectivity index (χ1v) is 15.2. The zero-order chi connectivity index (χ0) is 31.3. The monoisotopic (exact) mass is 617 g/mol. The molecule has 0 aliphatic heterocycles. The number of rotatable bonds is 7. The number of carbonyl (C=O) groups is 1. The quantitative estimate of drug-likeness (QED) is 0.222. The first-order valence-electron chi connectivity index (χ1n) is 13.3. The molecule has 1 amide bonds. The largest absolute Gasteiger partial charge is 0.455 e. The molecule has 0 aliphatic carbocycles. The summed E-state index contributed by atoms with van der Waals surface area (Å²) in [5, 5.41) is 13.1. The Kier molecular flexibility index (Phi) is 7.18. The summed E-state index contributed by atoms with van der Waals surface area (Å²) in [6, 6.07) is 17.9. The molecule has 0 bridgehead atoms. The second-order valence-electron chi connectivity index (χ2n) is 10.1. The van der Waals surface area contributed by atoms with Crippen molar-refractivity contribution < 1.29 is 35.9 Å². The number of anilines is 1. The lowest BCUT2D eigenvalue weighted by Gasteiger charge is -2.21. The third-order valence-electron chi connectivity index (χ3n) is 7.39. The molecule has 2 aromatic heterocycles. The summed E-state index contributed by atoms with van der Waals surface area (Å²) in [6.45, 7) is -0.379. The summed E-state index contributed by atoms with van der Waals surface area (Å²) in [4.78, 5) is 17.5. The average Bonchev–Trinajstić information content (AvgIpc) is 3.62. The first kappa shape index (κ1) is 29.0. The first-order chi connectivity index (χ1) is 21.0. The van der Waals surface area contributed by atoms with E-state index in [-0.39, 0.29) is 46.2 Å². The molecule has 0 fully saturated rings. The van der Waals surface area contributed by atoms with Crippen LogP contribution < -0.4 is 9.62 Å². The molecule has 6 rings (SSSR count). The van der Waals surface area contributed by atoms with Crippen LogP contribution in [-0.2, 0) is 16.6 Å². The van der Waals surface area contributed by atoms with Gasteiger partial charge in [0, 0.05) is 42.2 Å². The number of para-hydroxylation sites is 1. The second-order valence-corrected chi connectivity index (χ2v) is 12.1. The predicted octanol–water partition coefficient (Wildman–Crippen LogP) is 6.10. The molecule has 0 aliphatic rings. The lowest BCUT2D eigenvalue weighted by molar-refractivity contribution is 0.0964. The minimum Gasteiger partial charge on any atom is -0.455 e. The van der Waals surface area contributed by atoms with Crippen LogP contribution >= 0.6 is 0 Å². The van der Waals surface area contributed by atoms with E-state index in [0.29, 0.717) is 33.2 Å². The molecule has 44 heavy (non-hydrogen) atoms. The fourth-order valence-electron chi connectivity index (χ4n) is 5.07. The van der Waals surface area contributed by atoms with E-state index in [2.05, 4.69) is 10.3 Å². The van der Waals surface area contributed by atoms with Crippen molar-refractivity contribution in [1.29, 1.82) is 0 Å². The van der Waals surface area contributed by atoms with E-state index in [9.17, 15) is 27.1 Å². The Labute approximate surface area is 250 Å². The number of amides is 1. The van der Waals surface area contributed by atoms with Gasteiger partial charge in [0.1, 0.15) is 22.7 Å². The number of furan rings is 1. The number of fused-ring (bicyclic) bond motifs is 2. The van der Waals surface area contributed by atoms with Crippen LogP contribution in [0.25, 0.3) is 56.0 Å². The number of hydrogen-bond donors (Lipinski definition) is 2. The van der Waals surface area contributed by atoms with Crippen molar-refractivity contribution in [3.63, 3.8) is 0 Å². The topological polar surface area (TPSA) is 126 Å². The van der Waals surface area contributed by atoms with Crippen LogP contribution in [0.4, 0.5) is 14.5 Å². The zero-order valence-electron chi connectivity index (χ0n) is 23.7. The lowest BCUT2D eigenvalue weighted by Crippen LogP contribution is -2.25. The molecule has 0 atom stereocenters. The van der Waals surface area contributed by atoms with Gasteiger partial charge in [0.05, 0.1) is 24.1 Å². The van der Waals surface area contributed by atoms with Gasteiger partial charge in [-0.2, -0.15) is 0 Å². The minimum atomic E-state index is -3.78. The predicted molar refractivity (Wildman–Crippen MR) is 163 cm³/mol. The summed E-state index contributed by atoms with van der Waals surface area (Å²) in [5.41, 5.74) is 2.99. The SMILES string of the molecule is CNC(=O)c1c(-c2ccc(F)cc2)oc2cc(N(C)S(C)(=O)=O)c(-c3ccc(CO)c(-c4nc5c(F)cccc5o4)c3)cc12. The van der Waals surface area contributed by atoms with Crippen LogP contribution in [0.3, 0.4) is 0 Å². The summed E-state index contributed by atoms with van der Waals surface area (Å²) >= 11 is 0. The maximum absolute atomic E-state index is 14.4. The number of nitrogens with zero attached hydrogens (tertiary/aromatic N) is 2. The number of nitrogens with one attached hydrogen (secondary N) is 1. The molecular formula is C32H25F2N3O6S. The summed E-state index contributed by atoms with van der Waals surface area (Å²) in [6.07, 6.45) is 1.05. The smallest absolute Gasteiger partial charge is 0.255 e. The highest BCUT2D eigenvalue weighted by atomic mass is 32.2. The normalized spacial score (nSPS) is 11.8. The van der Waals surface area contributed by atoms with Crippen molar-refractivity contribution >= 4 is 43.7 Å². The van der Waals surface area contributed by atoms with Gasteiger partial charge in [-0.1, -0.05) is 18.2 Å². The molecule has 6 aromatic rings. The van der Waals surface area contributed by atoms with Crippen molar-refractivity contribution in [3.8, 4) is 33.9 Å². The summed E-state index contributed by atoms with van der Waals surface area (Å²) < 4.78 is 66.7. The van der Waals surface area contributed by atoms with Crippen molar-refractivity contribution in [2.24, 2.45) is 0 Å². The van der Waals surface area contributed by atoms with Crippen LogP contribution in [0, 0.1) is 11.6 Å². The number of aliphatic hydroxyl groups excluding tert-OH is 1. The Hall–Kier alpha value is -5.07. The molecule has 2 heterocycles. The van der Waals surface area contributed by atoms with Crippen LogP contribution in [0.5, 0.6) is 0 Å². The van der Waals surface area contributed by atoms with Crippen molar-refractivity contribution in [3.05, 3.63) is 95.6 Å². The molecule has 224 valence electrons. The fourth-order valence-corrected chi connectivity index (χ4v) is 5.58. The Morgan fingerprint density at radius 1 is 0.955 bits per heavy atom. The van der Waals surface area contributed by atoms with Crippen molar-refractivity contribution in [2.75, 3.05) is 24.7 Å². The van der Waals surface area contributed by atoms with Gasteiger partial charge in [-0.15, -0.1) is 0 Å². The van der Waals surface area contributed by atoms with E-state index >= 15 is 0 Å². The van der Waals surface area contributed by atoms with Gasteiger partial charge in [-0.3, -0.25) is 9.10 Å². The maximum atomic E-state index is 14.4. The van der Waals surface area contributed by atoms with Crippen LogP contribution in [0.2, 0.25) is 0 Å². The highest BCUT2D eigenvalue weighted by molar-refractivity contribution is 7.92. The lowest BCUT2D eigenvalue weighted by atomic mass is 9.95. The van der Waals surface area contributed by atoms with E-state index < -0.39 is 27.6 Å². The second kappa shape index (κ2) is 10.9. The van der Waals surface area contributed by atoms with E-state index in [1.807, 2.05) is 0 Å². The number of benzene rings is 4. The maximum Gasteiger partial charge on any atom is 0.255 e. The fraction of sp³-hybridized carbons (Fsp3) is 0.125. The summed E-state index contributed by atoms with van der Waals surface area (Å²) in [5.74, 6) is -1.27. The minimum absolute atomic E-state index is 0.0256. The number of hydrogen-bond acceptors (Lipinski definition) is 7. The van der Waals surface area contributed by atoms with E-state index in [4.69, 9.17) is 8.83 Å². The van der Waals surface area contributed by atoms with Crippen molar-refractivity contribution in [1.82, 2.24) is 10.3 Å². The number of sulfonamides is 1. The molecule has 2 N–H and O–H groups in total. The van der Waals surface area contributed by atoms with E-state index in [0.717, 1.165) is 10.6 Å². The van der Waals surface area contributed by atoms with Gasteiger partial charge in [-0.25, -0.2) is 22.2 Å². The number of halogens is 2. The number of aliphatic hydroxyl groups is 1. The summed E-state index contributed by atoms with van der Waals surface area (Å²) in [7, 11) is -0.927. The van der Waals surface area contributed by atoms with Crippen LogP contribution in [-0.4, -0.2) is 44.8 Å². The third kappa shape index (κ3) is 4.97. The molecule has 9 nitrogen and oxygen atoms in total. The van der Waals surface area contributed by atoms with Crippen LogP contribution in [0.15, 0.2) is 81.6 Å². The zero-order valence-corrected chi connectivity index (χ0v) is 24.5. The Balaban J connectivity index is 1.64. The molecular weight excluding hydrogens is 592 g/mol. The highest BCUT2D eigenvalue weighted by Crippen LogP contribution is 2.42. The third-order valence-corrected chi connectivity index (χ3v) is 8.59.